The molecule has 5 heteroatoms. The lowest BCUT2D eigenvalue weighted by Crippen LogP contribution is -2.54. The van der Waals surface area contributed by atoms with E-state index in [9.17, 15) is 15.3 Å². The van der Waals surface area contributed by atoms with Gasteiger partial charge in [-0.2, -0.15) is 0 Å². The number of piperidine rings is 1. The first kappa shape index (κ1) is 13.4. The van der Waals surface area contributed by atoms with E-state index in [1.54, 1.807) is 6.20 Å². The third kappa shape index (κ3) is 3.26. The van der Waals surface area contributed by atoms with Gasteiger partial charge in [0.25, 0.3) is 0 Å². The summed E-state index contributed by atoms with van der Waals surface area (Å²) in [6.45, 7) is 1.14. The van der Waals surface area contributed by atoms with Crippen LogP contribution >= 0.6 is 0 Å². The highest BCUT2D eigenvalue weighted by molar-refractivity contribution is 5.04. The molecule has 3 atom stereocenters. The van der Waals surface area contributed by atoms with E-state index in [-0.39, 0.29) is 12.6 Å². The molecule has 2 heterocycles. The minimum Gasteiger partial charge on any atom is -0.395 e. The van der Waals surface area contributed by atoms with E-state index in [0.29, 0.717) is 13.0 Å². The molecule has 1 aliphatic heterocycles. The molecule has 1 aliphatic rings. The van der Waals surface area contributed by atoms with Gasteiger partial charge in [0.2, 0.25) is 0 Å². The van der Waals surface area contributed by atoms with Crippen LogP contribution in [0.4, 0.5) is 0 Å². The summed E-state index contributed by atoms with van der Waals surface area (Å²) in [6.07, 6.45) is 1.50. The molecule has 0 amide bonds. The van der Waals surface area contributed by atoms with Crippen molar-refractivity contribution in [3.63, 3.8) is 0 Å². The van der Waals surface area contributed by atoms with Crippen molar-refractivity contribution in [1.82, 2.24) is 9.88 Å². The number of aliphatic hydroxyl groups excluding tert-OH is 3. The van der Waals surface area contributed by atoms with Gasteiger partial charge in [-0.05, 0) is 18.6 Å². The van der Waals surface area contributed by atoms with Gasteiger partial charge < -0.3 is 15.3 Å². The fourth-order valence-electron chi connectivity index (χ4n) is 2.36. The molecule has 0 aliphatic carbocycles. The van der Waals surface area contributed by atoms with E-state index in [4.69, 9.17) is 0 Å². The molecule has 0 spiro atoms. The van der Waals surface area contributed by atoms with Crippen LogP contribution in [0.2, 0.25) is 0 Å². The Morgan fingerprint density at radius 2 is 2.11 bits per heavy atom. The third-order valence-corrected chi connectivity index (χ3v) is 3.49. The zero-order valence-electron chi connectivity index (χ0n) is 10.3. The van der Waals surface area contributed by atoms with Crippen molar-refractivity contribution >= 4 is 0 Å². The topological polar surface area (TPSA) is 76.8 Å². The molecule has 1 aromatic rings. The van der Waals surface area contributed by atoms with E-state index < -0.39 is 12.2 Å². The van der Waals surface area contributed by atoms with Crippen molar-refractivity contribution in [2.45, 2.75) is 31.1 Å². The van der Waals surface area contributed by atoms with Crippen molar-refractivity contribution in [3.8, 4) is 0 Å². The highest BCUT2D eigenvalue weighted by atomic mass is 16.3. The second-order valence-electron chi connectivity index (χ2n) is 4.77. The molecular weight excluding hydrogens is 232 g/mol. The predicted molar refractivity (Wildman–Crippen MR) is 67.0 cm³/mol. The Morgan fingerprint density at radius 1 is 1.28 bits per heavy atom. The average molecular weight is 252 g/mol. The summed E-state index contributed by atoms with van der Waals surface area (Å²) in [5.74, 6) is 0. The second kappa shape index (κ2) is 6.24. The van der Waals surface area contributed by atoms with Gasteiger partial charge in [0.1, 0.15) is 0 Å². The van der Waals surface area contributed by atoms with Crippen LogP contribution in [0, 0.1) is 0 Å². The molecule has 0 saturated carbocycles. The highest BCUT2D eigenvalue weighted by Gasteiger charge is 2.32. The number of hydrogen-bond acceptors (Lipinski definition) is 5. The average Bonchev–Trinajstić information content (AvgIpc) is 2.41. The number of β-amino-alcohol motifs (C(OH)–C–C–N with tert-alkyl or cyclic N) is 1. The summed E-state index contributed by atoms with van der Waals surface area (Å²) < 4.78 is 0. The summed E-state index contributed by atoms with van der Waals surface area (Å²) in [4.78, 5) is 6.27. The van der Waals surface area contributed by atoms with E-state index in [2.05, 4.69) is 4.98 Å². The van der Waals surface area contributed by atoms with Crippen molar-refractivity contribution in [1.29, 1.82) is 0 Å². The Labute approximate surface area is 107 Å². The van der Waals surface area contributed by atoms with Crippen LogP contribution in [0.3, 0.4) is 0 Å². The largest absolute Gasteiger partial charge is 0.395 e. The van der Waals surface area contributed by atoms with Crippen LogP contribution in [0.25, 0.3) is 0 Å². The SMILES string of the molecule is OC[C@H]1CC(O)[C@@H](O)CN1CCc1ccccn1. The van der Waals surface area contributed by atoms with E-state index >= 15 is 0 Å². The van der Waals surface area contributed by atoms with Crippen LogP contribution in [0.5, 0.6) is 0 Å². The van der Waals surface area contributed by atoms with Gasteiger partial charge in [0, 0.05) is 37.4 Å². The fraction of sp³-hybridized carbons (Fsp3) is 0.615. The zero-order valence-corrected chi connectivity index (χ0v) is 10.3. The summed E-state index contributed by atoms with van der Waals surface area (Å²) >= 11 is 0. The highest BCUT2D eigenvalue weighted by Crippen LogP contribution is 2.18. The zero-order chi connectivity index (χ0) is 13.0. The number of nitrogens with zero attached hydrogens (tertiary/aromatic N) is 2. The first-order valence-electron chi connectivity index (χ1n) is 6.31. The van der Waals surface area contributed by atoms with Gasteiger partial charge in [0.05, 0.1) is 18.8 Å². The lowest BCUT2D eigenvalue weighted by molar-refractivity contribution is -0.0704. The van der Waals surface area contributed by atoms with E-state index in [1.165, 1.54) is 0 Å². The molecule has 0 aromatic carbocycles. The van der Waals surface area contributed by atoms with Crippen molar-refractivity contribution < 1.29 is 15.3 Å². The summed E-state index contributed by atoms with van der Waals surface area (Å²) in [6, 6.07) is 5.71. The van der Waals surface area contributed by atoms with Gasteiger partial charge >= 0.3 is 0 Å². The van der Waals surface area contributed by atoms with Crippen LogP contribution in [0.1, 0.15) is 12.1 Å². The molecule has 1 fully saturated rings. The first-order valence-corrected chi connectivity index (χ1v) is 6.31. The number of rotatable bonds is 4. The smallest absolute Gasteiger partial charge is 0.0926 e. The lowest BCUT2D eigenvalue weighted by Gasteiger charge is -2.39. The molecule has 1 aromatic heterocycles. The van der Waals surface area contributed by atoms with Gasteiger partial charge in [-0.1, -0.05) is 6.07 Å². The standard InChI is InChI=1S/C13H20N2O3/c16-9-11-7-12(17)13(18)8-15(11)6-4-10-3-1-2-5-14-10/h1-3,5,11-13,16-18H,4,6-9H2/t11-,12?,13+/m1/s1. The Morgan fingerprint density at radius 3 is 2.78 bits per heavy atom. The molecule has 0 radical (unpaired) electrons. The quantitative estimate of drug-likeness (QED) is 0.668. The molecule has 1 saturated heterocycles. The summed E-state index contributed by atoms with van der Waals surface area (Å²) in [5, 5.41) is 28.6. The lowest BCUT2D eigenvalue weighted by atomic mass is 9.97. The predicted octanol–water partition coefficient (Wildman–Crippen LogP) is -0.588. The van der Waals surface area contributed by atoms with Gasteiger partial charge in [-0.15, -0.1) is 0 Å². The number of aromatic nitrogens is 1. The third-order valence-electron chi connectivity index (χ3n) is 3.49. The number of aliphatic hydroxyl groups is 3. The Kier molecular flexibility index (Phi) is 4.66. The molecule has 3 N–H and O–H groups in total. The van der Waals surface area contributed by atoms with Gasteiger partial charge in [0.15, 0.2) is 0 Å². The monoisotopic (exact) mass is 252 g/mol. The number of likely N-dealkylation sites (tertiary alicyclic amines) is 1. The molecule has 1 unspecified atom stereocenters. The Hall–Kier alpha value is -1.01. The maximum Gasteiger partial charge on any atom is 0.0926 e. The molecular formula is C13H20N2O3. The molecule has 18 heavy (non-hydrogen) atoms. The van der Waals surface area contributed by atoms with Crippen molar-refractivity contribution in [3.05, 3.63) is 30.1 Å². The molecule has 100 valence electrons. The second-order valence-corrected chi connectivity index (χ2v) is 4.77. The first-order chi connectivity index (χ1) is 8.70. The van der Waals surface area contributed by atoms with Crippen molar-refractivity contribution in [2.24, 2.45) is 0 Å². The fourth-order valence-corrected chi connectivity index (χ4v) is 2.36. The minimum atomic E-state index is -0.728. The maximum absolute atomic E-state index is 9.67. The molecule has 5 nitrogen and oxygen atoms in total. The van der Waals surface area contributed by atoms with E-state index in [1.807, 2.05) is 23.1 Å². The van der Waals surface area contributed by atoms with Crippen molar-refractivity contribution in [2.75, 3.05) is 19.7 Å². The van der Waals surface area contributed by atoms with E-state index in [0.717, 1.165) is 18.7 Å². The molecule has 2 rings (SSSR count). The van der Waals surface area contributed by atoms with Gasteiger partial charge in [-0.3, -0.25) is 9.88 Å². The van der Waals surface area contributed by atoms with Crippen LogP contribution in [0.15, 0.2) is 24.4 Å². The summed E-state index contributed by atoms with van der Waals surface area (Å²) in [7, 11) is 0. The van der Waals surface area contributed by atoms with Crippen LogP contribution < -0.4 is 0 Å². The normalized spacial score (nSPS) is 29.4. The maximum atomic E-state index is 9.67. The van der Waals surface area contributed by atoms with Gasteiger partial charge in [-0.25, -0.2) is 0 Å². The number of pyridine rings is 1. The summed E-state index contributed by atoms with van der Waals surface area (Å²) in [5.41, 5.74) is 0.995. The Bertz CT molecular complexity index is 361. The molecule has 0 bridgehead atoms. The van der Waals surface area contributed by atoms with Crippen LogP contribution in [-0.2, 0) is 6.42 Å². The Balaban J connectivity index is 1.91. The number of hydrogen-bond donors (Lipinski definition) is 3. The minimum absolute atomic E-state index is 0.00595. The van der Waals surface area contributed by atoms with Crippen LogP contribution in [-0.4, -0.2) is 63.1 Å².